The Morgan fingerprint density at radius 1 is 1.20 bits per heavy atom. The molecule has 4 nitrogen and oxygen atoms in total. The zero-order valence-corrected chi connectivity index (χ0v) is 13.1. The van der Waals surface area contributed by atoms with Crippen molar-refractivity contribution in [1.82, 2.24) is 15.1 Å². The van der Waals surface area contributed by atoms with Crippen molar-refractivity contribution in [3.05, 3.63) is 29.8 Å². The van der Waals surface area contributed by atoms with E-state index < -0.39 is 0 Å². The van der Waals surface area contributed by atoms with Crippen LogP contribution in [-0.2, 0) is 11.3 Å². The van der Waals surface area contributed by atoms with Crippen LogP contribution in [0.3, 0.4) is 0 Å². The highest BCUT2D eigenvalue weighted by Gasteiger charge is 2.18. The second-order valence-electron chi connectivity index (χ2n) is 5.15. The van der Waals surface area contributed by atoms with E-state index >= 15 is 0 Å². The van der Waals surface area contributed by atoms with E-state index in [0.29, 0.717) is 5.75 Å². The molecule has 110 valence electrons. The second kappa shape index (κ2) is 7.67. The van der Waals surface area contributed by atoms with Gasteiger partial charge in [0.15, 0.2) is 0 Å². The lowest BCUT2D eigenvalue weighted by Crippen LogP contribution is -2.47. The Hall–Kier alpha value is -1.04. The number of carbonyl (C=O) groups is 1. The number of benzene rings is 1. The van der Waals surface area contributed by atoms with Gasteiger partial charge in [-0.2, -0.15) is 0 Å². The first kappa shape index (κ1) is 15.4. The number of nitrogens with one attached hydrogen (secondary N) is 1. The van der Waals surface area contributed by atoms with Crippen molar-refractivity contribution in [1.29, 1.82) is 0 Å². The fraction of sp³-hybridized carbons (Fsp3) is 0.533. The molecule has 1 aromatic rings. The highest BCUT2D eigenvalue weighted by atomic mass is 32.2. The maximum Gasteiger partial charge on any atom is 0.233 e. The lowest BCUT2D eigenvalue weighted by atomic mass is 10.2. The van der Waals surface area contributed by atoms with Crippen LogP contribution in [0.5, 0.6) is 0 Å². The average molecular weight is 293 g/mol. The number of carbonyl (C=O) groups excluding carboxylic acids is 1. The number of rotatable bonds is 5. The molecule has 0 aliphatic carbocycles. The van der Waals surface area contributed by atoms with Crippen LogP contribution < -0.4 is 5.32 Å². The predicted octanol–water partition coefficient (Wildman–Crippen LogP) is 1.27. The molecule has 1 fully saturated rings. The molecule has 1 aliphatic heterocycles. The summed E-state index contributed by atoms with van der Waals surface area (Å²) in [7, 11) is 4.04. The van der Waals surface area contributed by atoms with Gasteiger partial charge in [0.05, 0.1) is 5.75 Å². The Balaban J connectivity index is 1.78. The normalized spacial score (nSPS) is 16.4. The van der Waals surface area contributed by atoms with Crippen LogP contribution >= 0.6 is 11.8 Å². The van der Waals surface area contributed by atoms with E-state index in [4.69, 9.17) is 0 Å². The number of piperazine rings is 1. The molecule has 0 bridgehead atoms. The summed E-state index contributed by atoms with van der Waals surface area (Å²) in [6, 6.07) is 8.40. The van der Waals surface area contributed by atoms with E-state index in [9.17, 15) is 4.79 Å². The summed E-state index contributed by atoms with van der Waals surface area (Å²) in [6.07, 6.45) is 0. The summed E-state index contributed by atoms with van der Waals surface area (Å²) in [4.78, 5) is 17.5. The summed E-state index contributed by atoms with van der Waals surface area (Å²) in [6.45, 7) is 4.56. The Bertz CT molecular complexity index is 427. The van der Waals surface area contributed by atoms with Crippen LogP contribution in [0.25, 0.3) is 0 Å². The second-order valence-corrected chi connectivity index (χ2v) is 6.20. The van der Waals surface area contributed by atoms with Gasteiger partial charge in [0.1, 0.15) is 0 Å². The van der Waals surface area contributed by atoms with Crippen molar-refractivity contribution < 1.29 is 4.79 Å². The van der Waals surface area contributed by atoms with E-state index in [2.05, 4.69) is 41.5 Å². The fourth-order valence-corrected chi connectivity index (χ4v) is 3.00. The molecule has 0 radical (unpaired) electrons. The van der Waals surface area contributed by atoms with Gasteiger partial charge in [0, 0.05) is 37.6 Å². The molecule has 1 aromatic carbocycles. The smallest absolute Gasteiger partial charge is 0.233 e. The van der Waals surface area contributed by atoms with Gasteiger partial charge in [0.25, 0.3) is 0 Å². The van der Waals surface area contributed by atoms with Crippen molar-refractivity contribution in [2.45, 2.75) is 11.4 Å². The van der Waals surface area contributed by atoms with Gasteiger partial charge in [-0.3, -0.25) is 4.79 Å². The molecule has 0 atom stereocenters. The van der Waals surface area contributed by atoms with Crippen LogP contribution in [-0.4, -0.2) is 61.7 Å². The minimum Gasteiger partial charge on any atom is -0.339 e. The van der Waals surface area contributed by atoms with E-state index in [0.717, 1.165) is 37.6 Å². The zero-order chi connectivity index (χ0) is 14.4. The topological polar surface area (TPSA) is 35.6 Å². The maximum absolute atomic E-state index is 12.1. The summed E-state index contributed by atoms with van der Waals surface area (Å²) in [5.41, 5.74) is 1.27. The minimum atomic E-state index is 0.252. The Kier molecular flexibility index (Phi) is 5.88. The van der Waals surface area contributed by atoms with Gasteiger partial charge in [-0.05, 0) is 31.8 Å². The standard InChI is InChI=1S/C15H23N3OS/c1-16-11-13-3-5-14(6-4-13)20-12-15(19)18-9-7-17(2)8-10-18/h3-6,16H,7-12H2,1-2H3. The van der Waals surface area contributed by atoms with Gasteiger partial charge in [-0.1, -0.05) is 12.1 Å². The Morgan fingerprint density at radius 2 is 1.85 bits per heavy atom. The molecule has 1 N–H and O–H groups in total. The first-order valence-corrected chi connectivity index (χ1v) is 8.00. The summed E-state index contributed by atoms with van der Waals surface area (Å²) in [5, 5.41) is 3.13. The van der Waals surface area contributed by atoms with Crippen molar-refractivity contribution >= 4 is 17.7 Å². The zero-order valence-electron chi connectivity index (χ0n) is 12.3. The largest absolute Gasteiger partial charge is 0.339 e. The van der Waals surface area contributed by atoms with Gasteiger partial charge < -0.3 is 15.1 Å². The highest BCUT2D eigenvalue weighted by molar-refractivity contribution is 8.00. The molecule has 1 heterocycles. The minimum absolute atomic E-state index is 0.252. The number of hydrogen-bond donors (Lipinski definition) is 1. The number of hydrogen-bond acceptors (Lipinski definition) is 4. The molecule has 5 heteroatoms. The lowest BCUT2D eigenvalue weighted by molar-refractivity contribution is -0.129. The van der Waals surface area contributed by atoms with Crippen LogP contribution in [0, 0.1) is 0 Å². The molecule has 0 aromatic heterocycles. The molecular weight excluding hydrogens is 270 g/mol. The number of amides is 1. The third kappa shape index (κ3) is 4.51. The van der Waals surface area contributed by atoms with E-state index in [1.54, 1.807) is 11.8 Å². The van der Waals surface area contributed by atoms with E-state index in [1.165, 1.54) is 5.56 Å². The predicted molar refractivity (Wildman–Crippen MR) is 84.0 cm³/mol. The first-order chi connectivity index (χ1) is 9.69. The van der Waals surface area contributed by atoms with Crippen LogP contribution in [0.4, 0.5) is 0 Å². The third-order valence-corrected chi connectivity index (χ3v) is 4.52. The Morgan fingerprint density at radius 3 is 2.45 bits per heavy atom. The molecule has 2 rings (SSSR count). The van der Waals surface area contributed by atoms with Crippen molar-refractivity contribution in [3.63, 3.8) is 0 Å². The van der Waals surface area contributed by atoms with Crippen molar-refractivity contribution in [2.75, 3.05) is 46.0 Å². The van der Waals surface area contributed by atoms with E-state index in [-0.39, 0.29) is 5.91 Å². The molecule has 1 aliphatic rings. The van der Waals surface area contributed by atoms with Gasteiger partial charge in [0.2, 0.25) is 5.91 Å². The summed E-state index contributed by atoms with van der Waals surface area (Å²) >= 11 is 1.62. The van der Waals surface area contributed by atoms with Crippen LogP contribution in [0.1, 0.15) is 5.56 Å². The summed E-state index contributed by atoms with van der Waals surface area (Å²) < 4.78 is 0. The van der Waals surface area contributed by atoms with Crippen LogP contribution in [0.15, 0.2) is 29.2 Å². The van der Waals surface area contributed by atoms with Gasteiger partial charge in [-0.15, -0.1) is 11.8 Å². The highest BCUT2D eigenvalue weighted by Crippen LogP contribution is 2.19. The van der Waals surface area contributed by atoms with Crippen LogP contribution in [0.2, 0.25) is 0 Å². The third-order valence-electron chi connectivity index (χ3n) is 3.52. The maximum atomic E-state index is 12.1. The van der Waals surface area contributed by atoms with Gasteiger partial charge >= 0.3 is 0 Å². The first-order valence-electron chi connectivity index (χ1n) is 7.01. The number of likely N-dealkylation sites (N-methyl/N-ethyl adjacent to an activating group) is 1. The van der Waals surface area contributed by atoms with Gasteiger partial charge in [-0.25, -0.2) is 0 Å². The molecular formula is C15H23N3OS. The van der Waals surface area contributed by atoms with E-state index in [1.807, 2.05) is 11.9 Å². The molecule has 1 saturated heterocycles. The summed E-state index contributed by atoms with van der Waals surface area (Å²) in [5.74, 6) is 0.789. The lowest BCUT2D eigenvalue weighted by Gasteiger charge is -2.32. The molecule has 1 amide bonds. The number of thioether (sulfide) groups is 1. The monoisotopic (exact) mass is 293 g/mol. The van der Waals surface area contributed by atoms with Crippen molar-refractivity contribution in [2.24, 2.45) is 0 Å². The molecule has 20 heavy (non-hydrogen) atoms. The van der Waals surface area contributed by atoms with Crippen molar-refractivity contribution in [3.8, 4) is 0 Å². The molecule has 0 spiro atoms. The SMILES string of the molecule is CNCc1ccc(SCC(=O)N2CCN(C)CC2)cc1. The molecule has 0 saturated carbocycles. The molecule has 0 unspecified atom stereocenters. The average Bonchev–Trinajstić information content (AvgIpc) is 2.47. The quantitative estimate of drug-likeness (QED) is 0.830. The Labute approximate surface area is 125 Å². The number of nitrogens with zero attached hydrogens (tertiary/aromatic N) is 2. The fourth-order valence-electron chi connectivity index (χ4n) is 2.20.